The predicted molar refractivity (Wildman–Crippen MR) is 87.4 cm³/mol. The van der Waals surface area contributed by atoms with E-state index in [-0.39, 0.29) is 10.8 Å². The number of hydrogen-bond donors (Lipinski definition) is 2. The quantitative estimate of drug-likeness (QED) is 0.727. The van der Waals surface area contributed by atoms with Crippen LogP contribution in [0.4, 0.5) is 15.8 Å². The zero-order chi connectivity index (χ0) is 14.0. The minimum absolute atomic E-state index is 0.241. The Morgan fingerprint density at radius 2 is 1.89 bits per heavy atom. The fourth-order valence-electron chi connectivity index (χ4n) is 1.62. The summed E-state index contributed by atoms with van der Waals surface area (Å²) in [6.45, 7) is 0. The molecule has 0 unspecified atom stereocenters. The molecular formula is C13H9Br2FN2S. The summed E-state index contributed by atoms with van der Waals surface area (Å²) in [5.41, 5.74) is 7.35. The summed E-state index contributed by atoms with van der Waals surface area (Å²) < 4.78 is 15.3. The van der Waals surface area contributed by atoms with Gasteiger partial charge in [-0.2, -0.15) is 0 Å². The van der Waals surface area contributed by atoms with Gasteiger partial charge in [-0.15, -0.1) is 0 Å². The molecule has 0 aliphatic heterocycles. The molecule has 0 amide bonds. The summed E-state index contributed by atoms with van der Waals surface area (Å²) in [7, 11) is 0. The van der Waals surface area contributed by atoms with E-state index in [1.165, 1.54) is 6.07 Å². The fraction of sp³-hybridized carbons (Fsp3) is 0. The van der Waals surface area contributed by atoms with Crippen LogP contribution in [0.3, 0.4) is 0 Å². The van der Waals surface area contributed by atoms with Crippen molar-refractivity contribution in [1.82, 2.24) is 0 Å². The van der Waals surface area contributed by atoms with Crippen molar-refractivity contribution in [2.45, 2.75) is 0 Å². The van der Waals surface area contributed by atoms with E-state index >= 15 is 0 Å². The molecule has 0 aliphatic carbocycles. The Bertz CT molecular complexity index is 647. The monoisotopic (exact) mass is 402 g/mol. The second-order valence-electron chi connectivity index (χ2n) is 3.78. The number of benzene rings is 2. The third-order valence-electron chi connectivity index (χ3n) is 2.46. The van der Waals surface area contributed by atoms with E-state index < -0.39 is 0 Å². The normalized spacial score (nSPS) is 10.3. The molecule has 2 aromatic rings. The van der Waals surface area contributed by atoms with Crippen LogP contribution in [0.15, 0.2) is 45.3 Å². The second-order valence-corrected chi connectivity index (χ2v) is 5.99. The summed E-state index contributed by atoms with van der Waals surface area (Å²) in [5, 5.41) is 3.00. The summed E-state index contributed by atoms with van der Waals surface area (Å²) in [5.74, 6) is -0.350. The SMILES string of the molecule is NC(=S)c1c(Br)cccc1Nc1cc(Br)ccc1F. The van der Waals surface area contributed by atoms with Crippen molar-refractivity contribution in [3.8, 4) is 0 Å². The van der Waals surface area contributed by atoms with Gasteiger partial charge in [0.2, 0.25) is 0 Å². The van der Waals surface area contributed by atoms with E-state index in [9.17, 15) is 4.39 Å². The van der Waals surface area contributed by atoms with Crippen molar-refractivity contribution in [3.05, 3.63) is 56.7 Å². The zero-order valence-corrected chi connectivity index (χ0v) is 13.6. The zero-order valence-electron chi connectivity index (χ0n) is 9.58. The highest BCUT2D eigenvalue weighted by Crippen LogP contribution is 2.29. The van der Waals surface area contributed by atoms with Crippen LogP contribution in [0.1, 0.15) is 5.56 Å². The highest BCUT2D eigenvalue weighted by Gasteiger charge is 2.11. The van der Waals surface area contributed by atoms with Gasteiger partial charge in [-0.3, -0.25) is 0 Å². The number of hydrogen-bond acceptors (Lipinski definition) is 2. The van der Waals surface area contributed by atoms with E-state index in [1.54, 1.807) is 18.2 Å². The maximum Gasteiger partial charge on any atom is 0.146 e. The number of nitrogens with one attached hydrogen (secondary N) is 1. The van der Waals surface area contributed by atoms with Gasteiger partial charge < -0.3 is 11.1 Å². The van der Waals surface area contributed by atoms with Crippen LogP contribution in [0.2, 0.25) is 0 Å². The molecule has 0 saturated heterocycles. The molecule has 19 heavy (non-hydrogen) atoms. The van der Waals surface area contributed by atoms with Crippen molar-refractivity contribution in [2.24, 2.45) is 5.73 Å². The van der Waals surface area contributed by atoms with E-state index in [4.69, 9.17) is 18.0 Å². The Morgan fingerprint density at radius 1 is 1.16 bits per heavy atom. The minimum Gasteiger partial charge on any atom is -0.389 e. The lowest BCUT2D eigenvalue weighted by Crippen LogP contribution is -2.13. The molecule has 0 aliphatic rings. The summed E-state index contributed by atoms with van der Waals surface area (Å²) in [6.07, 6.45) is 0. The third kappa shape index (κ3) is 3.32. The maximum absolute atomic E-state index is 13.7. The van der Waals surface area contributed by atoms with Crippen LogP contribution in [0, 0.1) is 5.82 Å². The lowest BCUT2D eigenvalue weighted by atomic mass is 10.1. The maximum atomic E-state index is 13.7. The van der Waals surface area contributed by atoms with E-state index in [2.05, 4.69) is 37.2 Å². The molecule has 6 heteroatoms. The molecule has 0 spiro atoms. The predicted octanol–water partition coefficient (Wildman–Crippen LogP) is 4.73. The number of halogens is 3. The summed E-state index contributed by atoms with van der Waals surface area (Å²) >= 11 is 11.7. The second kappa shape index (κ2) is 5.98. The van der Waals surface area contributed by atoms with Crippen molar-refractivity contribution in [2.75, 3.05) is 5.32 Å². The van der Waals surface area contributed by atoms with Crippen LogP contribution < -0.4 is 11.1 Å². The number of anilines is 2. The van der Waals surface area contributed by atoms with Gasteiger partial charge in [0.15, 0.2) is 0 Å². The molecule has 0 fully saturated rings. The van der Waals surface area contributed by atoms with Gasteiger partial charge in [0, 0.05) is 20.2 Å². The molecular weight excluding hydrogens is 395 g/mol. The van der Waals surface area contributed by atoms with Gasteiger partial charge >= 0.3 is 0 Å². The van der Waals surface area contributed by atoms with Gasteiger partial charge in [0.25, 0.3) is 0 Å². The Hall–Kier alpha value is -0.980. The molecule has 0 atom stereocenters. The highest BCUT2D eigenvalue weighted by atomic mass is 79.9. The van der Waals surface area contributed by atoms with Gasteiger partial charge in [-0.05, 0) is 46.3 Å². The Morgan fingerprint density at radius 3 is 2.58 bits per heavy atom. The molecule has 0 aromatic heterocycles. The molecule has 0 bridgehead atoms. The smallest absolute Gasteiger partial charge is 0.146 e. The summed E-state index contributed by atoms with van der Waals surface area (Å²) in [4.78, 5) is 0.241. The van der Waals surface area contributed by atoms with Gasteiger partial charge in [0.05, 0.1) is 5.69 Å². The molecule has 98 valence electrons. The number of thiocarbonyl (C=S) groups is 1. The average molecular weight is 404 g/mol. The van der Waals surface area contributed by atoms with Crippen LogP contribution in [-0.4, -0.2) is 4.99 Å². The molecule has 2 rings (SSSR count). The molecule has 0 heterocycles. The first-order valence-electron chi connectivity index (χ1n) is 5.29. The van der Waals surface area contributed by atoms with Crippen LogP contribution in [0.25, 0.3) is 0 Å². The Kier molecular flexibility index (Phi) is 4.54. The van der Waals surface area contributed by atoms with Gasteiger partial charge in [-0.25, -0.2) is 4.39 Å². The molecule has 0 radical (unpaired) electrons. The molecule has 2 nitrogen and oxygen atoms in total. The molecule has 0 saturated carbocycles. The first kappa shape index (κ1) is 14.4. The van der Waals surface area contributed by atoms with Crippen LogP contribution in [-0.2, 0) is 0 Å². The standard InChI is InChI=1S/C13H9Br2FN2S/c14-7-4-5-9(16)11(6-7)18-10-3-1-2-8(15)12(10)13(17)19/h1-6,18H,(H2,17,19). The first-order chi connectivity index (χ1) is 8.99. The summed E-state index contributed by atoms with van der Waals surface area (Å²) in [6, 6.07) is 10.1. The van der Waals surface area contributed by atoms with Crippen molar-refractivity contribution in [1.29, 1.82) is 0 Å². The van der Waals surface area contributed by atoms with E-state index in [1.807, 2.05) is 12.1 Å². The Balaban J connectivity index is 2.46. The Labute approximate surface area is 132 Å². The van der Waals surface area contributed by atoms with E-state index in [0.29, 0.717) is 16.9 Å². The largest absolute Gasteiger partial charge is 0.389 e. The number of nitrogens with two attached hydrogens (primary N) is 1. The molecule has 2 aromatic carbocycles. The van der Waals surface area contributed by atoms with Crippen LogP contribution >= 0.6 is 44.1 Å². The van der Waals surface area contributed by atoms with Gasteiger partial charge in [-0.1, -0.05) is 34.2 Å². The van der Waals surface area contributed by atoms with Crippen molar-refractivity contribution in [3.63, 3.8) is 0 Å². The van der Waals surface area contributed by atoms with Gasteiger partial charge in [0.1, 0.15) is 10.8 Å². The topological polar surface area (TPSA) is 38.0 Å². The minimum atomic E-state index is -0.350. The fourth-order valence-corrected chi connectivity index (χ4v) is 2.91. The molecule has 3 N–H and O–H groups in total. The van der Waals surface area contributed by atoms with Crippen LogP contribution in [0.5, 0.6) is 0 Å². The lowest BCUT2D eigenvalue weighted by Gasteiger charge is -2.13. The number of rotatable bonds is 3. The average Bonchev–Trinajstić information content (AvgIpc) is 2.33. The van der Waals surface area contributed by atoms with Crippen molar-refractivity contribution >= 4 is 60.4 Å². The van der Waals surface area contributed by atoms with Crippen molar-refractivity contribution < 1.29 is 4.39 Å². The first-order valence-corrected chi connectivity index (χ1v) is 7.29. The lowest BCUT2D eigenvalue weighted by molar-refractivity contribution is 0.631. The van der Waals surface area contributed by atoms with E-state index in [0.717, 1.165) is 8.95 Å². The third-order valence-corrected chi connectivity index (χ3v) is 3.82. The highest BCUT2D eigenvalue weighted by molar-refractivity contribution is 9.10.